The number of ether oxygens (including phenoxy) is 2. The van der Waals surface area contributed by atoms with E-state index in [2.05, 4.69) is 0 Å². The average Bonchev–Trinajstić information content (AvgIpc) is 2.37. The van der Waals surface area contributed by atoms with Crippen LogP contribution in [0.25, 0.3) is 0 Å². The minimum Gasteiger partial charge on any atom is -0.491 e. The molecule has 1 aromatic carbocycles. The number of hydrogen-bond acceptors (Lipinski definition) is 3. The number of hydrogen-bond donors (Lipinski definition) is 0. The lowest BCUT2D eigenvalue weighted by molar-refractivity contribution is -0.142. The Balaban J connectivity index is 2.43. The molecular weight excluding hydrogens is 264 g/mol. The monoisotopic (exact) mass is 284 g/mol. The largest absolute Gasteiger partial charge is 0.491 e. The van der Waals surface area contributed by atoms with Crippen molar-refractivity contribution in [3.8, 4) is 5.75 Å². The summed E-state index contributed by atoms with van der Waals surface area (Å²) < 4.78 is 10.4. The second-order valence-electron chi connectivity index (χ2n) is 4.57. The summed E-state index contributed by atoms with van der Waals surface area (Å²) in [6.45, 7) is 6.12. The number of carbonyl (C=O) groups excluding carboxylic acids is 1. The number of esters is 1. The second-order valence-corrected chi connectivity index (χ2v) is 5.10. The predicted molar refractivity (Wildman–Crippen MR) is 76.8 cm³/mol. The molecule has 1 atom stereocenters. The minimum absolute atomic E-state index is 0.168. The van der Waals surface area contributed by atoms with Crippen molar-refractivity contribution in [1.82, 2.24) is 0 Å². The zero-order chi connectivity index (χ0) is 14.3. The molecule has 0 unspecified atom stereocenters. The number of benzene rings is 1. The van der Waals surface area contributed by atoms with Crippen LogP contribution >= 0.6 is 11.6 Å². The molecule has 0 radical (unpaired) electrons. The Morgan fingerprint density at radius 3 is 2.42 bits per heavy atom. The standard InChI is InChI=1S/C15H21ClO3/c1-4-18-15(17)14(16)10-7-12-5-8-13(9-6-12)19-11(2)3/h5-6,8-9,11,14H,4,7,10H2,1-3H3/t14-/m1/s1. The van der Waals surface area contributed by atoms with Gasteiger partial charge in [-0.3, -0.25) is 4.79 Å². The van der Waals surface area contributed by atoms with Crippen LogP contribution < -0.4 is 4.74 Å². The molecule has 0 fully saturated rings. The highest BCUT2D eigenvalue weighted by Crippen LogP contribution is 2.16. The highest BCUT2D eigenvalue weighted by atomic mass is 35.5. The highest BCUT2D eigenvalue weighted by molar-refractivity contribution is 6.29. The third-order valence-corrected chi connectivity index (χ3v) is 2.92. The molecule has 0 aliphatic carbocycles. The normalized spacial score (nSPS) is 12.3. The fourth-order valence-corrected chi connectivity index (χ4v) is 1.82. The quantitative estimate of drug-likeness (QED) is 0.567. The zero-order valence-electron chi connectivity index (χ0n) is 11.7. The predicted octanol–water partition coefficient (Wildman–Crippen LogP) is 3.58. The van der Waals surface area contributed by atoms with Crippen LogP contribution in [0.4, 0.5) is 0 Å². The average molecular weight is 285 g/mol. The van der Waals surface area contributed by atoms with E-state index in [0.29, 0.717) is 13.0 Å². The van der Waals surface area contributed by atoms with Gasteiger partial charge in [0.15, 0.2) is 0 Å². The Kier molecular flexibility index (Phi) is 6.71. The van der Waals surface area contributed by atoms with Crippen LogP contribution in [0.15, 0.2) is 24.3 Å². The fourth-order valence-electron chi connectivity index (χ4n) is 1.65. The number of carbonyl (C=O) groups is 1. The summed E-state index contributed by atoms with van der Waals surface area (Å²) in [5.74, 6) is 0.510. The van der Waals surface area contributed by atoms with Crippen molar-refractivity contribution in [2.75, 3.05) is 6.61 Å². The zero-order valence-corrected chi connectivity index (χ0v) is 12.4. The highest BCUT2D eigenvalue weighted by Gasteiger charge is 2.15. The number of halogens is 1. The van der Waals surface area contributed by atoms with Gasteiger partial charge in [-0.2, -0.15) is 0 Å². The van der Waals surface area contributed by atoms with E-state index in [-0.39, 0.29) is 12.1 Å². The molecule has 0 N–H and O–H groups in total. The Morgan fingerprint density at radius 1 is 1.26 bits per heavy atom. The van der Waals surface area contributed by atoms with Gasteiger partial charge in [-0.05, 0) is 51.3 Å². The summed E-state index contributed by atoms with van der Waals surface area (Å²) in [6, 6.07) is 7.85. The van der Waals surface area contributed by atoms with E-state index in [0.717, 1.165) is 17.7 Å². The van der Waals surface area contributed by atoms with Crippen molar-refractivity contribution in [3.05, 3.63) is 29.8 Å². The number of alkyl halides is 1. The van der Waals surface area contributed by atoms with Gasteiger partial charge in [0.2, 0.25) is 0 Å². The van der Waals surface area contributed by atoms with Crippen molar-refractivity contribution < 1.29 is 14.3 Å². The minimum atomic E-state index is -0.577. The topological polar surface area (TPSA) is 35.5 Å². The molecule has 1 aromatic rings. The molecule has 0 heterocycles. The molecule has 0 aliphatic heterocycles. The molecule has 0 aliphatic rings. The van der Waals surface area contributed by atoms with Crippen molar-refractivity contribution in [3.63, 3.8) is 0 Å². The van der Waals surface area contributed by atoms with Crippen LogP contribution in [-0.2, 0) is 16.0 Å². The van der Waals surface area contributed by atoms with Gasteiger partial charge >= 0.3 is 5.97 Å². The lowest BCUT2D eigenvalue weighted by Crippen LogP contribution is -2.18. The summed E-state index contributed by atoms with van der Waals surface area (Å²) >= 11 is 5.96. The van der Waals surface area contributed by atoms with Gasteiger partial charge in [-0.15, -0.1) is 11.6 Å². The smallest absolute Gasteiger partial charge is 0.324 e. The van der Waals surface area contributed by atoms with Crippen molar-refractivity contribution in [2.24, 2.45) is 0 Å². The first kappa shape index (κ1) is 15.8. The third-order valence-electron chi connectivity index (χ3n) is 2.52. The molecule has 106 valence electrons. The molecule has 0 saturated heterocycles. The van der Waals surface area contributed by atoms with Gasteiger partial charge in [0.25, 0.3) is 0 Å². The Morgan fingerprint density at radius 2 is 1.89 bits per heavy atom. The molecule has 0 bridgehead atoms. The van der Waals surface area contributed by atoms with Crippen LogP contribution in [0.1, 0.15) is 32.8 Å². The van der Waals surface area contributed by atoms with E-state index in [1.807, 2.05) is 38.1 Å². The second kappa shape index (κ2) is 8.05. The lowest BCUT2D eigenvalue weighted by atomic mass is 10.1. The Bertz CT molecular complexity index is 387. The van der Waals surface area contributed by atoms with E-state index in [1.165, 1.54) is 0 Å². The fraction of sp³-hybridized carbons (Fsp3) is 0.533. The summed E-state index contributed by atoms with van der Waals surface area (Å²) in [6.07, 6.45) is 1.49. The number of rotatable bonds is 7. The van der Waals surface area contributed by atoms with Crippen LogP contribution in [0.5, 0.6) is 5.75 Å². The van der Waals surface area contributed by atoms with Crippen molar-refractivity contribution >= 4 is 17.6 Å². The lowest BCUT2D eigenvalue weighted by Gasteiger charge is -2.11. The van der Waals surface area contributed by atoms with Gasteiger partial charge in [0.1, 0.15) is 11.1 Å². The molecular formula is C15H21ClO3. The SMILES string of the molecule is CCOC(=O)[C@H](Cl)CCc1ccc(OC(C)C)cc1. The van der Waals surface area contributed by atoms with Crippen LogP contribution in [0.3, 0.4) is 0 Å². The van der Waals surface area contributed by atoms with Gasteiger partial charge < -0.3 is 9.47 Å². The van der Waals surface area contributed by atoms with Gasteiger partial charge in [-0.25, -0.2) is 0 Å². The Hall–Kier alpha value is -1.22. The maximum atomic E-state index is 11.4. The van der Waals surface area contributed by atoms with Gasteiger partial charge in [0, 0.05) is 0 Å². The maximum absolute atomic E-state index is 11.4. The molecule has 0 amide bonds. The van der Waals surface area contributed by atoms with E-state index < -0.39 is 5.38 Å². The first-order valence-electron chi connectivity index (χ1n) is 6.59. The Labute approximate surface area is 119 Å². The molecule has 0 spiro atoms. The van der Waals surface area contributed by atoms with Gasteiger partial charge in [0.05, 0.1) is 12.7 Å². The molecule has 4 heteroatoms. The molecule has 3 nitrogen and oxygen atoms in total. The summed E-state index contributed by atoms with van der Waals surface area (Å²) in [5, 5.41) is -0.577. The summed E-state index contributed by atoms with van der Waals surface area (Å²) in [7, 11) is 0. The molecule has 19 heavy (non-hydrogen) atoms. The molecule has 0 saturated carbocycles. The third kappa shape index (κ3) is 5.97. The van der Waals surface area contributed by atoms with Gasteiger partial charge in [-0.1, -0.05) is 12.1 Å². The molecule has 0 aromatic heterocycles. The van der Waals surface area contributed by atoms with E-state index >= 15 is 0 Å². The summed E-state index contributed by atoms with van der Waals surface area (Å²) in [5.41, 5.74) is 1.13. The van der Waals surface area contributed by atoms with E-state index in [4.69, 9.17) is 21.1 Å². The van der Waals surface area contributed by atoms with Crippen molar-refractivity contribution in [2.45, 2.75) is 45.1 Å². The van der Waals surface area contributed by atoms with Crippen LogP contribution in [0.2, 0.25) is 0 Å². The van der Waals surface area contributed by atoms with Crippen LogP contribution in [-0.4, -0.2) is 24.1 Å². The van der Waals surface area contributed by atoms with E-state index in [1.54, 1.807) is 6.92 Å². The maximum Gasteiger partial charge on any atom is 0.324 e. The first-order valence-corrected chi connectivity index (χ1v) is 7.03. The number of aryl methyl sites for hydroxylation is 1. The van der Waals surface area contributed by atoms with Crippen molar-refractivity contribution in [1.29, 1.82) is 0 Å². The van der Waals surface area contributed by atoms with E-state index in [9.17, 15) is 4.79 Å². The molecule has 1 rings (SSSR count). The first-order chi connectivity index (χ1) is 9.02. The van der Waals surface area contributed by atoms with Crippen LogP contribution in [0, 0.1) is 0 Å². The summed E-state index contributed by atoms with van der Waals surface area (Å²) in [4.78, 5) is 11.4.